The number of rotatable bonds is 5. The Morgan fingerprint density at radius 1 is 1.43 bits per heavy atom. The van der Waals surface area contributed by atoms with E-state index in [2.05, 4.69) is 4.74 Å². The van der Waals surface area contributed by atoms with Crippen molar-refractivity contribution in [2.45, 2.75) is 25.7 Å². The number of ether oxygens (including phenoxy) is 2. The SMILES string of the molecule is COC(=O)c1cc(OCC2CCCC2)c([N+](=O)[O-])cc1F. The summed E-state index contributed by atoms with van der Waals surface area (Å²) in [6, 6.07) is 1.73. The second kappa shape index (κ2) is 6.51. The lowest BCUT2D eigenvalue weighted by molar-refractivity contribution is -0.386. The fraction of sp³-hybridized carbons (Fsp3) is 0.500. The third-order valence-corrected chi connectivity index (χ3v) is 3.60. The Kier molecular flexibility index (Phi) is 4.72. The molecule has 6 nitrogen and oxygen atoms in total. The number of hydrogen-bond donors (Lipinski definition) is 0. The van der Waals surface area contributed by atoms with Gasteiger partial charge in [0, 0.05) is 6.07 Å². The number of benzene rings is 1. The summed E-state index contributed by atoms with van der Waals surface area (Å²) in [6.45, 7) is 0.326. The normalized spacial score (nSPS) is 15.0. The molecule has 0 amide bonds. The first-order valence-corrected chi connectivity index (χ1v) is 6.72. The maximum atomic E-state index is 13.7. The smallest absolute Gasteiger partial charge is 0.340 e. The highest BCUT2D eigenvalue weighted by Crippen LogP contribution is 2.32. The van der Waals surface area contributed by atoms with E-state index in [1.54, 1.807) is 0 Å². The summed E-state index contributed by atoms with van der Waals surface area (Å²) in [4.78, 5) is 21.7. The Morgan fingerprint density at radius 2 is 2.10 bits per heavy atom. The average Bonchev–Trinajstić information content (AvgIpc) is 2.98. The first-order valence-electron chi connectivity index (χ1n) is 6.72. The molecule has 1 aromatic rings. The van der Waals surface area contributed by atoms with E-state index in [0.717, 1.165) is 38.9 Å². The summed E-state index contributed by atoms with van der Waals surface area (Å²) < 4.78 is 23.6. The van der Waals surface area contributed by atoms with Crippen LogP contribution in [0.25, 0.3) is 0 Å². The maximum Gasteiger partial charge on any atom is 0.340 e. The van der Waals surface area contributed by atoms with Gasteiger partial charge in [-0.05, 0) is 18.8 Å². The largest absolute Gasteiger partial charge is 0.486 e. The van der Waals surface area contributed by atoms with Gasteiger partial charge in [0.05, 0.1) is 30.3 Å². The Labute approximate surface area is 121 Å². The van der Waals surface area contributed by atoms with Crippen LogP contribution in [0.1, 0.15) is 36.0 Å². The summed E-state index contributed by atoms with van der Waals surface area (Å²) in [7, 11) is 1.11. The molecule has 1 aromatic carbocycles. The number of methoxy groups -OCH3 is 1. The predicted molar refractivity (Wildman–Crippen MR) is 71.8 cm³/mol. The fourth-order valence-electron chi connectivity index (χ4n) is 2.45. The van der Waals surface area contributed by atoms with Gasteiger partial charge in [-0.2, -0.15) is 0 Å². The van der Waals surface area contributed by atoms with Crippen molar-refractivity contribution in [3.8, 4) is 5.75 Å². The molecule has 1 aliphatic rings. The molecule has 0 radical (unpaired) electrons. The van der Waals surface area contributed by atoms with Crippen LogP contribution in [0.2, 0.25) is 0 Å². The standard InChI is InChI=1S/C14H16FNO5/c1-20-14(17)10-6-13(12(16(18)19)7-11(10)15)21-8-9-4-2-3-5-9/h6-7,9H,2-5,8H2,1H3. The summed E-state index contributed by atoms with van der Waals surface area (Å²) in [5, 5.41) is 11.0. The first kappa shape index (κ1) is 15.2. The van der Waals surface area contributed by atoms with E-state index in [1.165, 1.54) is 0 Å². The first-order chi connectivity index (χ1) is 10.0. The zero-order valence-corrected chi connectivity index (χ0v) is 11.6. The highest BCUT2D eigenvalue weighted by Gasteiger charge is 2.25. The van der Waals surface area contributed by atoms with E-state index >= 15 is 0 Å². The lowest BCUT2D eigenvalue weighted by Crippen LogP contribution is -2.11. The Bertz CT molecular complexity index is 555. The van der Waals surface area contributed by atoms with Crippen LogP contribution < -0.4 is 4.74 Å². The third-order valence-electron chi connectivity index (χ3n) is 3.60. The minimum absolute atomic E-state index is 0.103. The van der Waals surface area contributed by atoms with Gasteiger partial charge in [-0.1, -0.05) is 12.8 Å². The molecule has 1 fully saturated rings. The molecule has 0 spiro atoms. The second-order valence-electron chi connectivity index (χ2n) is 5.01. The van der Waals surface area contributed by atoms with Crippen molar-refractivity contribution < 1.29 is 23.6 Å². The maximum absolute atomic E-state index is 13.7. The van der Waals surface area contributed by atoms with E-state index < -0.39 is 22.4 Å². The van der Waals surface area contributed by atoms with E-state index in [-0.39, 0.29) is 11.3 Å². The topological polar surface area (TPSA) is 78.7 Å². The van der Waals surface area contributed by atoms with E-state index in [4.69, 9.17) is 4.74 Å². The molecule has 1 saturated carbocycles. The predicted octanol–water partition coefficient (Wildman–Crippen LogP) is 3.09. The van der Waals surface area contributed by atoms with Crippen molar-refractivity contribution in [3.63, 3.8) is 0 Å². The van der Waals surface area contributed by atoms with Crippen LogP contribution in [0.5, 0.6) is 5.75 Å². The molecule has 0 atom stereocenters. The van der Waals surface area contributed by atoms with Crippen LogP contribution in [0.3, 0.4) is 0 Å². The molecule has 0 heterocycles. The van der Waals surface area contributed by atoms with Gasteiger partial charge in [0.25, 0.3) is 0 Å². The molecule has 2 rings (SSSR count). The molecule has 0 unspecified atom stereocenters. The van der Waals surface area contributed by atoms with Gasteiger partial charge in [-0.3, -0.25) is 10.1 Å². The van der Waals surface area contributed by atoms with Gasteiger partial charge >= 0.3 is 11.7 Å². The van der Waals surface area contributed by atoms with Crippen LogP contribution in [-0.4, -0.2) is 24.6 Å². The molecular weight excluding hydrogens is 281 g/mol. The zero-order chi connectivity index (χ0) is 15.4. The quantitative estimate of drug-likeness (QED) is 0.474. The number of esters is 1. The molecule has 0 aliphatic heterocycles. The number of halogens is 1. The average molecular weight is 297 g/mol. The molecule has 0 N–H and O–H groups in total. The van der Waals surface area contributed by atoms with Crippen molar-refractivity contribution in [1.82, 2.24) is 0 Å². The zero-order valence-electron chi connectivity index (χ0n) is 11.6. The second-order valence-corrected chi connectivity index (χ2v) is 5.01. The number of nitrogens with zero attached hydrogens (tertiary/aromatic N) is 1. The third kappa shape index (κ3) is 3.48. The molecule has 21 heavy (non-hydrogen) atoms. The minimum atomic E-state index is -0.998. The van der Waals surface area contributed by atoms with E-state index in [1.807, 2.05) is 0 Å². The van der Waals surface area contributed by atoms with E-state index in [9.17, 15) is 19.3 Å². The van der Waals surface area contributed by atoms with Gasteiger partial charge in [-0.25, -0.2) is 9.18 Å². The van der Waals surface area contributed by atoms with E-state index in [0.29, 0.717) is 18.6 Å². The number of nitro benzene ring substituents is 1. The van der Waals surface area contributed by atoms with Crippen molar-refractivity contribution in [2.75, 3.05) is 13.7 Å². The molecule has 1 aliphatic carbocycles. The Balaban J connectivity index is 2.26. The lowest BCUT2D eigenvalue weighted by atomic mass is 10.1. The molecule has 0 saturated heterocycles. The summed E-state index contributed by atoms with van der Waals surface area (Å²) in [6.07, 6.45) is 4.26. The van der Waals surface area contributed by atoms with Crippen molar-refractivity contribution >= 4 is 11.7 Å². The molecule has 0 bridgehead atoms. The van der Waals surface area contributed by atoms with Crippen molar-refractivity contribution in [2.24, 2.45) is 5.92 Å². The van der Waals surface area contributed by atoms with Gasteiger partial charge in [0.15, 0.2) is 5.75 Å². The Morgan fingerprint density at radius 3 is 2.67 bits per heavy atom. The number of hydrogen-bond acceptors (Lipinski definition) is 5. The Hall–Kier alpha value is -2.18. The molecular formula is C14H16FNO5. The molecule has 114 valence electrons. The lowest BCUT2D eigenvalue weighted by Gasteiger charge is -2.12. The van der Waals surface area contributed by atoms with Gasteiger partial charge in [-0.15, -0.1) is 0 Å². The number of nitro groups is 1. The van der Waals surface area contributed by atoms with Crippen molar-refractivity contribution in [1.29, 1.82) is 0 Å². The monoisotopic (exact) mass is 297 g/mol. The highest BCUT2D eigenvalue weighted by atomic mass is 19.1. The van der Waals surface area contributed by atoms with Gasteiger partial charge in [0.2, 0.25) is 0 Å². The van der Waals surface area contributed by atoms with Crippen LogP contribution >= 0.6 is 0 Å². The summed E-state index contributed by atoms with van der Waals surface area (Å²) in [5.74, 6) is -1.65. The molecule has 0 aromatic heterocycles. The number of carbonyl (C=O) groups is 1. The van der Waals surface area contributed by atoms with Gasteiger partial charge in [0.1, 0.15) is 5.82 Å². The fourth-order valence-corrected chi connectivity index (χ4v) is 2.45. The van der Waals surface area contributed by atoms with Crippen LogP contribution in [0, 0.1) is 21.8 Å². The number of carbonyl (C=O) groups excluding carboxylic acids is 1. The summed E-state index contributed by atoms with van der Waals surface area (Å²) >= 11 is 0. The minimum Gasteiger partial charge on any atom is -0.486 e. The van der Waals surface area contributed by atoms with Crippen molar-refractivity contribution in [3.05, 3.63) is 33.6 Å². The van der Waals surface area contributed by atoms with Gasteiger partial charge < -0.3 is 9.47 Å². The highest BCUT2D eigenvalue weighted by molar-refractivity contribution is 5.90. The van der Waals surface area contributed by atoms with Crippen LogP contribution in [0.15, 0.2) is 12.1 Å². The summed E-state index contributed by atoms with van der Waals surface area (Å²) in [5.41, 5.74) is -0.859. The molecule has 7 heteroatoms. The van der Waals surface area contributed by atoms with Crippen LogP contribution in [0.4, 0.5) is 10.1 Å². The van der Waals surface area contributed by atoms with Crippen LogP contribution in [-0.2, 0) is 4.74 Å².